The number of carbonyl (C=O) groups is 1. The molecule has 4 nitrogen and oxygen atoms in total. The number of rotatable bonds is 2. The van der Waals surface area contributed by atoms with Gasteiger partial charge in [0.05, 0.1) is 0 Å². The zero-order valence-electron chi connectivity index (χ0n) is 7.71. The van der Waals surface area contributed by atoms with E-state index >= 15 is 0 Å². The first-order valence-electron chi connectivity index (χ1n) is 4.44. The largest absolute Gasteiger partial charge is 0.351 e. The summed E-state index contributed by atoms with van der Waals surface area (Å²) >= 11 is 0. The summed E-state index contributed by atoms with van der Waals surface area (Å²) < 4.78 is 0. The van der Waals surface area contributed by atoms with Crippen LogP contribution in [0.25, 0.3) is 0 Å². The molecule has 3 N–H and O–H groups in total. The first kappa shape index (κ1) is 9.32. The fraction of sp³-hybridized carbons (Fsp3) is 0.875. The smallest absolute Gasteiger partial charge is 0.315 e. The van der Waals surface area contributed by atoms with Gasteiger partial charge in [0, 0.05) is 18.6 Å². The van der Waals surface area contributed by atoms with Crippen LogP contribution in [-0.4, -0.2) is 36.1 Å². The lowest BCUT2D eigenvalue weighted by Gasteiger charge is -2.17. The molecule has 0 bridgehead atoms. The highest BCUT2D eigenvalue weighted by atomic mass is 16.2. The molecule has 0 spiro atoms. The van der Waals surface area contributed by atoms with Crippen LogP contribution in [0.3, 0.4) is 0 Å². The molecule has 2 unspecified atom stereocenters. The Morgan fingerprint density at radius 2 is 2.42 bits per heavy atom. The number of nitrogens with zero attached hydrogens (tertiary/aromatic N) is 1. The molecule has 0 radical (unpaired) electrons. The molecule has 2 atom stereocenters. The third-order valence-electron chi connectivity index (χ3n) is 2.35. The lowest BCUT2D eigenvalue weighted by Crippen LogP contribution is -2.40. The van der Waals surface area contributed by atoms with E-state index in [9.17, 15) is 4.79 Å². The fourth-order valence-corrected chi connectivity index (χ4v) is 1.77. The molecule has 1 heterocycles. The summed E-state index contributed by atoms with van der Waals surface area (Å²) in [4.78, 5) is 12.6. The Bertz CT molecular complexity index is 172. The normalized spacial score (nSPS) is 29.3. The number of primary amides is 1. The van der Waals surface area contributed by atoms with Gasteiger partial charge in [-0.25, -0.2) is 4.79 Å². The third kappa shape index (κ3) is 1.88. The number of amides is 2. The molecule has 1 rings (SSSR count). The molecule has 0 aromatic heterocycles. The van der Waals surface area contributed by atoms with E-state index in [1.165, 1.54) is 0 Å². The second-order valence-electron chi connectivity index (χ2n) is 3.33. The first-order valence-corrected chi connectivity index (χ1v) is 4.44. The van der Waals surface area contributed by atoms with Crippen molar-refractivity contribution in [3.63, 3.8) is 0 Å². The minimum Gasteiger partial charge on any atom is -0.351 e. The Morgan fingerprint density at radius 3 is 2.83 bits per heavy atom. The van der Waals surface area contributed by atoms with Crippen LogP contribution in [0, 0.1) is 0 Å². The summed E-state index contributed by atoms with van der Waals surface area (Å²) in [5.74, 6) is 0. The Hall–Kier alpha value is -0.770. The SMILES string of the molecule is CCNC1CC(C)N(C(N)=O)C1. The third-order valence-corrected chi connectivity index (χ3v) is 2.35. The van der Waals surface area contributed by atoms with Gasteiger partial charge in [0.25, 0.3) is 0 Å². The van der Waals surface area contributed by atoms with Crippen molar-refractivity contribution in [2.75, 3.05) is 13.1 Å². The summed E-state index contributed by atoms with van der Waals surface area (Å²) in [6.45, 7) is 5.80. The molecule has 70 valence electrons. The summed E-state index contributed by atoms with van der Waals surface area (Å²) in [6.07, 6.45) is 1.01. The molecule has 1 fully saturated rings. The molecule has 1 aliphatic rings. The minimum atomic E-state index is -0.303. The standard InChI is InChI=1S/C8H17N3O/c1-3-10-7-4-6(2)11(5-7)8(9)12/h6-7,10H,3-5H2,1-2H3,(H2,9,12). The van der Waals surface area contributed by atoms with E-state index in [4.69, 9.17) is 5.73 Å². The van der Waals surface area contributed by atoms with E-state index in [1.54, 1.807) is 4.90 Å². The molecule has 0 aliphatic carbocycles. The van der Waals surface area contributed by atoms with Gasteiger partial charge < -0.3 is 16.0 Å². The van der Waals surface area contributed by atoms with Gasteiger partial charge in [-0.05, 0) is 19.9 Å². The molecule has 2 amide bonds. The average molecular weight is 171 g/mol. The van der Waals surface area contributed by atoms with Crippen LogP contribution < -0.4 is 11.1 Å². The van der Waals surface area contributed by atoms with Gasteiger partial charge in [0.15, 0.2) is 0 Å². The van der Waals surface area contributed by atoms with Crippen LogP contribution >= 0.6 is 0 Å². The number of likely N-dealkylation sites (tertiary alicyclic amines) is 1. The maximum atomic E-state index is 10.9. The Labute approximate surface area is 73.1 Å². The van der Waals surface area contributed by atoms with Crippen molar-refractivity contribution >= 4 is 6.03 Å². The average Bonchev–Trinajstić information content (AvgIpc) is 2.32. The van der Waals surface area contributed by atoms with Crippen molar-refractivity contribution < 1.29 is 4.79 Å². The summed E-state index contributed by atoms with van der Waals surface area (Å²) in [5.41, 5.74) is 5.21. The molecule has 1 aliphatic heterocycles. The highest BCUT2D eigenvalue weighted by Gasteiger charge is 2.30. The molecule has 4 heteroatoms. The van der Waals surface area contributed by atoms with E-state index in [1.807, 2.05) is 6.92 Å². The summed E-state index contributed by atoms with van der Waals surface area (Å²) in [7, 11) is 0. The quantitative estimate of drug-likeness (QED) is 0.620. The van der Waals surface area contributed by atoms with E-state index in [2.05, 4.69) is 12.2 Å². The Balaban J connectivity index is 2.44. The molecular formula is C8H17N3O. The van der Waals surface area contributed by atoms with Crippen molar-refractivity contribution in [1.82, 2.24) is 10.2 Å². The first-order chi connectivity index (χ1) is 5.65. The van der Waals surface area contributed by atoms with E-state index in [-0.39, 0.29) is 12.1 Å². The second kappa shape index (κ2) is 3.76. The van der Waals surface area contributed by atoms with Gasteiger partial charge >= 0.3 is 6.03 Å². The second-order valence-corrected chi connectivity index (χ2v) is 3.33. The van der Waals surface area contributed by atoms with E-state index < -0.39 is 0 Å². The number of likely N-dealkylation sites (N-methyl/N-ethyl adjacent to an activating group) is 1. The number of nitrogens with one attached hydrogen (secondary N) is 1. The summed E-state index contributed by atoms with van der Waals surface area (Å²) in [6, 6.07) is 0.409. The molecule has 0 saturated carbocycles. The monoisotopic (exact) mass is 171 g/mol. The predicted molar refractivity (Wildman–Crippen MR) is 47.8 cm³/mol. The topological polar surface area (TPSA) is 58.4 Å². The van der Waals surface area contributed by atoms with Gasteiger partial charge in [-0.2, -0.15) is 0 Å². The van der Waals surface area contributed by atoms with Crippen molar-refractivity contribution in [3.05, 3.63) is 0 Å². The Morgan fingerprint density at radius 1 is 1.75 bits per heavy atom. The van der Waals surface area contributed by atoms with Crippen molar-refractivity contribution in [2.45, 2.75) is 32.4 Å². The lowest BCUT2D eigenvalue weighted by atomic mass is 10.2. The minimum absolute atomic E-state index is 0.284. The number of hydrogen-bond acceptors (Lipinski definition) is 2. The molecule has 0 aromatic rings. The summed E-state index contributed by atoms with van der Waals surface area (Å²) in [5, 5.41) is 3.31. The lowest BCUT2D eigenvalue weighted by molar-refractivity contribution is 0.205. The Kier molecular flexibility index (Phi) is 2.92. The van der Waals surface area contributed by atoms with Crippen LogP contribution in [0.5, 0.6) is 0 Å². The number of nitrogens with two attached hydrogens (primary N) is 1. The number of urea groups is 1. The van der Waals surface area contributed by atoms with Crippen molar-refractivity contribution in [1.29, 1.82) is 0 Å². The van der Waals surface area contributed by atoms with Gasteiger partial charge in [-0.3, -0.25) is 0 Å². The molecule has 0 aromatic carbocycles. The van der Waals surface area contributed by atoms with Crippen LogP contribution in [0.4, 0.5) is 4.79 Å². The maximum Gasteiger partial charge on any atom is 0.315 e. The molecular weight excluding hydrogens is 154 g/mol. The van der Waals surface area contributed by atoms with Crippen LogP contribution in [0.2, 0.25) is 0 Å². The van der Waals surface area contributed by atoms with Gasteiger partial charge in [-0.15, -0.1) is 0 Å². The highest BCUT2D eigenvalue weighted by molar-refractivity contribution is 5.72. The van der Waals surface area contributed by atoms with Crippen LogP contribution in [-0.2, 0) is 0 Å². The van der Waals surface area contributed by atoms with E-state index in [0.29, 0.717) is 6.04 Å². The van der Waals surface area contributed by atoms with E-state index in [0.717, 1.165) is 19.5 Å². The fourth-order valence-electron chi connectivity index (χ4n) is 1.77. The van der Waals surface area contributed by atoms with Crippen LogP contribution in [0.1, 0.15) is 20.3 Å². The highest BCUT2D eigenvalue weighted by Crippen LogP contribution is 2.16. The predicted octanol–water partition coefficient (Wildman–Crippen LogP) is 0.137. The van der Waals surface area contributed by atoms with Gasteiger partial charge in [0.1, 0.15) is 0 Å². The van der Waals surface area contributed by atoms with Crippen molar-refractivity contribution in [3.8, 4) is 0 Å². The molecule has 1 saturated heterocycles. The zero-order chi connectivity index (χ0) is 9.14. The zero-order valence-corrected chi connectivity index (χ0v) is 7.71. The molecule has 12 heavy (non-hydrogen) atoms. The number of carbonyl (C=O) groups excluding carboxylic acids is 1. The van der Waals surface area contributed by atoms with Crippen LogP contribution in [0.15, 0.2) is 0 Å². The number of hydrogen-bond donors (Lipinski definition) is 2. The maximum absolute atomic E-state index is 10.9. The van der Waals surface area contributed by atoms with Gasteiger partial charge in [0.2, 0.25) is 0 Å². The van der Waals surface area contributed by atoms with Crippen molar-refractivity contribution in [2.24, 2.45) is 5.73 Å². The van der Waals surface area contributed by atoms with Gasteiger partial charge in [-0.1, -0.05) is 6.92 Å².